The minimum absolute atomic E-state index is 0.0963. The summed E-state index contributed by atoms with van der Waals surface area (Å²) in [4.78, 5) is 11.3. The van der Waals surface area contributed by atoms with Crippen molar-refractivity contribution < 1.29 is 17.9 Å². The first-order valence-corrected chi connectivity index (χ1v) is 8.90. The predicted octanol–water partition coefficient (Wildman–Crippen LogP) is 3.98. The molecule has 0 heterocycles. The van der Waals surface area contributed by atoms with Gasteiger partial charge < -0.3 is 4.74 Å². The highest BCUT2D eigenvalue weighted by Gasteiger charge is 2.16. The quantitative estimate of drug-likeness (QED) is 0.623. The second kappa shape index (κ2) is 7.70. The first kappa shape index (κ1) is 18.3. The van der Waals surface area contributed by atoms with Crippen molar-refractivity contribution in [2.24, 2.45) is 0 Å². The number of esters is 1. The van der Waals surface area contributed by atoms with Crippen molar-refractivity contribution in [2.45, 2.75) is 4.90 Å². The van der Waals surface area contributed by atoms with Crippen LogP contribution >= 0.6 is 23.2 Å². The Hall–Kier alpha value is -2.02. The van der Waals surface area contributed by atoms with E-state index in [1.54, 1.807) is 18.2 Å². The Bertz CT molecular complexity index is 880. The molecular weight excluding hydrogens is 373 g/mol. The van der Waals surface area contributed by atoms with Gasteiger partial charge in [0.1, 0.15) is 0 Å². The lowest BCUT2D eigenvalue weighted by Gasteiger charge is -2.12. The summed E-state index contributed by atoms with van der Waals surface area (Å²) in [5.74, 6) is -0.585. The second-order valence-electron chi connectivity index (χ2n) is 4.63. The van der Waals surface area contributed by atoms with Gasteiger partial charge in [-0.3, -0.25) is 4.72 Å². The third-order valence-corrected chi connectivity index (χ3v) is 5.09. The average molecular weight is 386 g/mol. The summed E-state index contributed by atoms with van der Waals surface area (Å²) < 4.78 is 31.8. The van der Waals surface area contributed by atoms with E-state index in [1.165, 1.54) is 37.5 Å². The van der Waals surface area contributed by atoms with Crippen LogP contribution in [0.2, 0.25) is 10.0 Å². The maximum atomic E-state index is 12.4. The highest BCUT2D eigenvalue weighted by molar-refractivity contribution is 7.92. The number of halogens is 2. The van der Waals surface area contributed by atoms with Gasteiger partial charge in [-0.1, -0.05) is 41.4 Å². The molecule has 0 atom stereocenters. The molecule has 8 heteroatoms. The Kier molecular flexibility index (Phi) is 5.88. The van der Waals surface area contributed by atoms with Gasteiger partial charge in [-0.05, 0) is 30.3 Å². The molecule has 5 nitrogen and oxygen atoms in total. The van der Waals surface area contributed by atoms with E-state index in [4.69, 9.17) is 23.2 Å². The molecule has 0 saturated heterocycles. The van der Waals surface area contributed by atoms with Crippen LogP contribution in [0.5, 0.6) is 0 Å². The van der Waals surface area contributed by atoms with E-state index in [0.717, 1.165) is 6.08 Å². The van der Waals surface area contributed by atoms with E-state index in [0.29, 0.717) is 5.56 Å². The Morgan fingerprint density at radius 1 is 1.12 bits per heavy atom. The Labute approximate surface area is 149 Å². The molecule has 0 bridgehead atoms. The third kappa shape index (κ3) is 4.50. The first-order chi connectivity index (χ1) is 11.3. The molecule has 0 amide bonds. The van der Waals surface area contributed by atoms with Gasteiger partial charge in [0.15, 0.2) is 0 Å². The maximum Gasteiger partial charge on any atom is 0.330 e. The van der Waals surface area contributed by atoms with Crippen LogP contribution in [0.1, 0.15) is 5.56 Å². The van der Waals surface area contributed by atoms with E-state index < -0.39 is 16.0 Å². The van der Waals surface area contributed by atoms with E-state index in [9.17, 15) is 13.2 Å². The molecule has 2 rings (SSSR count). The van der Waals surface area contributed by atoms with Gasteiger partial charge in [0, 0.05) is 11.6 Å². The van der Waals surface area contributed by atoms with Crippen LogP contribution in [-0.4, -0.2) is 21.5 Å². The van der Waals surface area contributed by atoms with Crippen molar-refractivity contribution in [3.05, 3.63) is 64.1 Å². The largest absolute Gasteiger partial charge is 0.466 e. The Morgan fingerprint density at radius 3 is 2.38 bits per heavy atom. The molecule has 0 aliphatic heterocycles. The van der Waals surface area contributed by atoms with Crippen molar-refractivity contribution in [3.63, 3.8) is 0 Å². The number of hydrogen-bond acceptors (Lipinski definition) is 4. The van der Waals surface area contributed by atoms with Crippen LogP contribution in [0, 0.1) is 0 Å². The normalized spacial score (nSPS) is 11.5. The standard InChI is InChI=1S/C16H13Cl2NO4S/c1-23-16(20)8-7-11-9-13(17)14(18)10-15(11)19-24(21,22)12-5-3-2-4-6-12/h2-10,19H,1H3/b8-7+. The number of sulfonamides is 1. The number of carbonyl (C=O) groups is 1. The summed E-state index contributed by atoms with van der Waals surface area (Å²) in [7, 11) is -2.57. The van der Waals surface area contributed by atoms with Gasteiger partial charge in [-0.25, -0.2) is 13.2 Å². The van der Waals surface area contributed by atoms with Crippen LogP contribution in [0.4, 0.5) is 5.69 Å². The molecule has 0 unspecified atom stereocenters. The zero-order chi connectivity index (χ0) is 17.7. The zero-order valence-corrected chi connectivity index (χ0v) is 14.8. The number of hydrogen-bond donors (Lipinski definition) is 1. The van der Waals surface area contributed by atoms with E-state index in [-0.39, 0.29) is 20.6 Å². The number of methoxy groups -OCH3 is 1. The van der Waals surface area contributed by atoms with E-state index in [2.05, 4.69) is 9.46 Å². The molecule has 126 valence electrons. The predicted molar refractivity (Wildman–Crippen MR) is 94.8 cm³/mol. The minimum Gasteiger partial charge on any atom is -0.466 e. The molecule has 0 saturated carbocycles. The van der Waals surface area contributed by atoms with Crippen molar-refractivity contribution in [3.8, 4) is 0 Å². The monoisotopic (exact) mass is 385 g/mol. The zero-order valence-electron chi connectivity index (χ0n) is 12.5. The Balaban J connectivity index is 2.44. The van der Waals surface area contributed by atoms with E-state index >= 15 is 0 Å². The van der Waals surface area contributed by atoms with Crippen LogP contribution in [0.25, 0.3) is 6.08 Å². The highest BCUT2D eigenvalue weighted by Crippen LogP contribution is 2.31. The molecule has 0 spiro atoms. The topological polar surface area (TPSA) is 72.5 Å². The second-order valence-corrected chi connectivity index (χ2v) is 7.13. The first-order valence-electron chi connectivity index (χ1n) is 6.66. The van der Waals surface area contributed by atoms with Gasteiger partial charge in [0.25, 0.3) is 10.0 Å². The number of carbonyl (C=O) groups excluding carboxylic acids is 1. The molecule has 24 heavy (non-hydrogen) atoms. The smallest absolute Gasteiger partial charge is 0.330 e. The summed E-state index contributed by atoms with van der Waals surface area (Å²) in [6.45, 7) is 0. The summed E-state index contributed by atoms with van der Waals surface area (Å²) in [5, 5.41) is 0.404. The molecule has 0 aromatic heterocycles. The molecule has 0 radical (unpaired) electrons. The van der Waals surface area contributed by atoms with Gasteiger partial charge in [0.2, 0.25) is 0 Å². The molecule has 2 aromatic carbocycles. The van der Waals surface area contributed by atoms with E-state index in [1.807, 2.05) is 0 Å². The fraction of sp³-hybridized carbons (Fsp3) is 0.0625. The number of nitrogens with one attached hydrogen (secondary N) is 1. The maximum absolute atomic E-state index is 12.4. The van der Waals surface area contributed by atoms with Crippen molar-refractivity contribution in [1.82, 2.24) is 0 Å². The lowest BCUT2D eigenvalue weighted by molar-refractivity contribution is -0.134. The summed E-state index contributed by atoms with van der Waals surface area (Å²) in [6.07, 6.45) is 2.54. The number of benzene rings is 2. The SMILES string of the molecule is COC(=O)/C=C/c1cc(Cl)c(Cl)cc1NS(=O)(=O)c1ccccc1. The third-order valence-electron chi connectivity index (χ3n) is 2.99. The number of ether oxygens (including phenoxy) is 1. The van der Waals surface area contributed by atoms with Crippen LogP contribution in [-0.2, 0) is 19.6 Å². The minimum atomic E-state index is -3.81. The van der Waals surface area contributed by atoms with Crippen molar-refractivity contribution in [1.29, 1.82) is 0 Å². The van der Waals surface area contributed by atoms with Gasteiger partial charge in [-0.2, -0.15) is 0 Å². The van der Waals surface area contributed by atoms with Crippen molar-refractivity contribution >= 4 is 51.0 Å². The molecule has 1 N–H and O–H groups in total. The average Bonchev–Trinajstić information content (AvgIpc) is 2.57. The lowest BCUT2D eigenvalue weighted by Crippen LogP contribution is -2.13. The summed E-state index contributed by atoms with van der Waals surface area (Å²) in [5.41, 5.74) is 0.558. The highest BCUT2D eigenvalue weighted by atomic mass is 35.5. The molecule has 0 fully saturated rings. The molecule has 0 aliphatic carbocycles. The van der Waals surface area contributed by atoms with Crippen LogP contribution in [0.15, 0.2) is 53.4 Å². The lowest BCUT2D eigenvalue weighted by atomic mass is 10.1. The fourth-order valence-corrected chi connectivity index (χ4v) is 3.25. The van der Waals surface area contributed by atoms with Crippen LogP contribution < -0.4 is 4.72 Å². The molecule has 0 aliphatic rings. The fourth-order valence-electron chi connectivity index (χ4n) is 1.82. The summed E-state index contributed by atoms with van der Waals surface area (Å²) >= 11 is 11.9. The van der Waals surface area contributed by atoms with Gasteiger partial charge in [-0.15, -0.1) is 0 Å². The summed E-state index contributed by atoms with van der Waals surface area (Å²) in [6, 6.07) is 10.7. The number of anilines is 1. The van der Waals surface area contributed by atoms with Crippen LogP contribution in [0.3, 0.4) is 0 Å². The van der Waals surface area contributed by atoms with Gasteiger partial charge in [0.05, 0.1) is 27.7 Å². The Morgan fingerprint density at radius 2 is 1.75 bits per heavy atom. The molecule has 2 aromatic rings. The molecular formula is C16H13Cl2NO4S. The number of rotatable bonds is 5. The van der Waals surface area contributed by atoms with Crippen molar-refractivity contribution in [2.75, 3.05) is 11.8 Å². The van der Waals surface area contributed by atoms with Gasteiger partial charge >= 0.3 is 5.97 Å².